The van der Waals surface area contributed by atoms with Gasteiger partial charge in [-0.2, -0.15) is 0 Å². The van der Waals surface area contributed by atoms with Crippen LogP contribution in [0.15, 0.2) is 10.5 Å². The van der Waals surface area contributed by atoms with E-state index in [1.807, 2.05) is 0 Å². The highest BCUT2D eigenvalue weighted by Crippen LogP contribution is 2.43. The molecular formula is C24H32N6O9S2. The van der Waals surface area contributed by atoms with Crippen molar-refractivity contribution < 1.29 is 43.4 Å². The Morgan fingerprint density at radius 1 is 1.22 bits per heavy atom. The topological polar surface area (TPSA) is 203 Å². The number of nitrogens with zero attached hydrogens (tertiary/aromatic N) is 4. The van der Waals surface area contributed by atoms with Crippen LogP contribution < -0.4 is 11.1 Å². The number of fused-ring (bicyclic) bond motifs is 1. The van der Waals surface area contributed by atoms with Crippen LogP contribution in [-0.4, -0.2) is 106 Å². The number of thioether (sulfide) groups is 1. The van der Waals surface area contributed by atoms with E-state index in [0.717, 1.165) is 24.2 Å². The van der Waals surface area contributed by atoms with Crippen molar-refractivity contribution in [2.24, 2.45) is 16.0 Å². The Morgan fingerprint density at radius 3 is 2.54 bits per heavy atom. The molecule has 17 heteroatoms. The number of nitrogens with one attached hydrogen (secondary N) is 1. The van der Waals surface area contributed by atoms with Crippen molar-refractivity contribution in [3.63, 3.8) is 0 Å². The van der Waals surface area contributed by atoms with Crippen molar-refractivity contribution in [1.82, 2.24) is 20.1 Å². The summed E-state index contributed by atoms with van der Waals surface area (Å²) in [5.41, 5.74) is 3.00. The number of likely N-dealkylation sites (tertiary alicyclic amines) is 1. The zero-order valence-corrected chi connectivity index (χ0v) is 24.4. The van der Waals surface area contributed by atoms with E-state index >= 15 is 0 Å². The molecule has 3 aliphatic rings. The van der Waals surface area contributed by atoms with E-state index in [9.17, 15) is 29.2 Å². The van der Waals surface area contributed by atoms with Crippen LogP contribution in [0, 0.1) is 10.8 Å². The number of ether oxygens (including phenoxy) is 3. The fourth-order valence-electron chi connectivity index (χ4n) is 4.41. The second-order valence-corrected chi connectivity index (χ2v) is 12.9. The van der Waals surface area contributed by atoms with Gasteiger partial charge >= 0.3 is 18.0 Å². The number of rotatable bonds is 8. The van der Waals surface area contributed by atoms with Crippen LogP contribution in [0.5, 0.6) is 0 Å². The van der Waals surface area contributed by atoms with E-state index < -0.39 is 64.6 Å². The van der Waals surface area contributed by atoms with Gasteiger partial charge in [-0.05, 0) is 33.6 Å². The van der Waals surface area contributed by atoms with Gasteiger partial charge < -0.3 is 40.3 Å². The minimum absolute atomic E-state index is 0.0566. The van der Waals surface area contributed by atoms with Gasteiger partial charge in [0.05, 0.1) is 5.41 Å². The standard InChI is InChI=1S/C24H32N6O9S2/c1-23(2,3)19(33)38-12-39-20(34)24(10-37-22(35)29-6-4-5-7-29)9-30-17(32)15(18(30)41-11-24)27-16(31)14(28-36)13-8-40-21(25)26-13/h8,15,18,36H,4-7,9-12H2,1-3H3,(H2,25,26)(H,27,31)/t15?,18-,24?/m1/s1. The summed E-state index contributed by atoms with van der Waals surface area (Å²) in [5.74, 6) is -2.60. The molecule has 3 amide bonds. The van der Waals surface area contributed by atoms with E-state index in [1.54, 1.807) is 25.7 Å². The van der Waals surface area contributed by atoms with Gasteiger partial charge in [0.25, 0.3) is 5.91 Å². The summed E-state index contributed by atoms with van der Waals surface area (Å²) < 4.78 is 15.8. The molecule has 0 saturated carbocycles. The molecule has 0 radical (unpaired) electrons. The highest BCUT2D eigenvalue weighted by Gasteiger charge is 2.58. The van der Waals surface area contributed by atoms with E-state index in [2.05, 4.69) is 15.5 Å². The van der Waals surface area contributed by atoms with Crippen LogP contribution in [-0.2, 0) is 33.4 Å². The SMILES string of the molecule is CC(C)(C)C(=O)OCOC(=O)C1(COC(=O)N2CCCC2)CS[C@@H]2C(NC(=O)C(=NO)c3csc(N)n3)C(=O)N2C1. The van der Waals surface area contributed by atoms with Gasteiger partial charge in [0, 0.05) is 30.8 Å². The predicted octanol–water partition coefficient (Wildman–Crippen LogP) is 0.612. The third-order valence-electron chi connectivity index (χ3n) is 6.77. The molecule has 4 heterocycles. The van der Waals surface area contributed by atoms with Gasteiger partial charge in [-0.15, -0.1) is 23.1 Å². The van der Waals surface area contributed by atoms with Gasteiger partial charge in [0.1, 0.15) is 29.1 Å². The summed E-state index contributed by atoms with van der Waals surface area (Å²) in [4.78, 5) is 70.6. The number of amides is 3. The molecule has 1 aromatic heterocycles. The number of carbonyl (C=O) groups is 5. The largest absolute Gasteiger partial charge is 0.448 e. The van der Waals surface area contributed by atoms with Crippen molar-refractivity contribution in [2.45, 2.75) is 45.0 Å². The number of esters is 2. The molecule has 15 nitrogen and oxygen atoms in total. The Balaban J connectivity index is 1.42. The first-order chi connectivity index (χ1) is 19.4. The summed E-state index contributed by atoms with van der Waals surface area (Å²) in [6, 6.07) is -0.964. The van der Waals surface area contributed by atoms with E-state index in [0.29, 0.717) is 13.1 Å². The van der Waals surface area contributed by atoms with Crippen LogP contribution in [0.3, 0.4) is 0 Å². The Bertz CT molecular complexity index is 1240. The molecule has 3 fully saturated rings. The van der Waals surface area contributed by atoms with Crippen LogP contribution in [0.1, 0.15) is 39.3 Å². The minimum Gasteiger partial charge on any atom is -0.448 e. The molecule has 4 rings (SSSR count). The van der Waals surface area contributed by atoms with Crippen molar-refractivity contribution in [1.29, 1.82) is 0 Å². The van der Waals surface area contributed by atoms with Crippen molar-refractivity contribution >= 4 is 63.8 Å². The zero-order valence-electron chi connectivity index (χ0n) is 22.8. The van der Waals surface area contributed by atoms with Crippen molar-refractivity contribution in [2.75, 3.05) is 44.5 Å². The lowest BCUT2D eigenvalue weighted by atomic mass is 9.88. The first-order valence-corrected chi connectivity index (χ1v) is 14.7. The average molecular weight is 613 g/mol. The van der Waals surface area contributed by atoms with Gasteiger partial charge in [-0.3, -0.25) is 19.2 Å². The van der Waals surface area contributed by atoms with Crippen LogP contribution in [0.2, 0.25) is 0 Å². The lowest BCUT2D eigenvalue weighted by molar-refractivity contribution is -0.182. The molecular weight excluding hydrogens is 580 g/mol. The maximum absolute atomic E-state index is 13.3. The minimum atomic E-state index is -1.44. The predicted molar refractivity (Wildman–Crippen MR) is 146 cm³/mol. The third-order valence-corrected chi connectivity index (χ3v) is 9.03. The first-order valence-electron chi connectivity index (χ1n) is 12.8. The third kappa shape index (κ3) is 6.50. The molecule has 0 spiro atoms. The Morgan fingerprint density at radius 2 is 1.93 bits per heavy atom. The Hall–Kier alpha value is -3.60. The highest BCUT2D eigenvalue weighted by molar-refractivity contribution is 8.00. The number of oxime groups is 1. The second kappa shape index (κ2) is 12.1. The lowest BCUT2D eigenvalue weighted by Gasteiger charge is -2.53. The van der Waals surface area contributed by atoms with Gasteiger partial charge in [0.2, 0.25) is 12.7 Å². The lowest BCUT2D eigenvalue weighted by Crippen LogP contribution is -2.74. The number of anilines is 1. The summed E-state index contributed by atoms with van der Waals surface area (Å²) in [6.45, 7) is 4.91. The molecule has 224 valence electrons. The molecule has 4 N–H and O–H groups in total. The number of nitrogen functional groups attached to an aromatic ring is 1. The van der Waals surface area contributed by atoms with Gasteiger partial charge in [0.15, 0.2) is 10.8 Å². The number of hydrogen-bond acceptors (Lipinski definition) is 14. The van der Waals surface area contributed by atoms with Crippen LogP contribution in [0.25, 0.3) is 0 Å². The smallest absolute Gasteiger partial charge is 0.409 e. The summed E-state index contributed by atoms with van der Waals surface area (Å²) in [7, 11) is 0. The molecule has 3 atom stereocenters. The van der Waals surface area contributed by atoms with E-state index in [-0.39, 0.29) is 29.7 Å². The summed E-state index contributed by atoms with van der Waals surface area (Å²) in [5, 5.41) is 16.0. The van der Waals surface area contributed by atoms with Crippen LogP contribution >= 0.6 is 23.1 Å². The molecule has 41 heavy (non-hydrogen) atoms. The fourth-order valence-corrected chi connectivity index (χ4v) is 6.48. The molecule has 0 aromatic carbocycles. The highest BCUT2D eigenvalue weighted by atomic mass is 32.2. The zero-order chi connectivity index (χ0) is 29.9. The monoisotopic (exact) mass is 612 g/mol. The normalized spacial score (nSPS) is 24.3. The number of nitrogens with two attached hydrogens (primary N) is 1. The average Bonchev–Trinajstić information content (AvgIpc) is 3.62. The number of carbonyl (C=O) groups excluding carboxylic acids is 5. The number of thiazole rings is 1. The quantitative estimate of drug-likeness (QED) is 0.0923. The molecule has 3 saturated heterocycles. The molecule has 3 aliphatic heterocycles. The second-order valence-electron chi connectivity index (χ2n) is 10.9. The maximum Gasteiger partial charge on any atom is 0.409 e. The van der Waals surface area contributed by atoms with E-state index in [1.165, 1.54) is 22.0 Å². The van der Waals surface area contributed by atoms with Gasteiger partial charge in [-0.25, -0.2) is 9.78 Å². The molecule has 0 bridgehead atoms. The summed E-state index contributed by atoms with van der Waals surface area (Å²) >= 11 is 2.24. The maximum atomic E-state index is 13.3. The molecule has 2 unspecified atom stereocenters. The van der Waals surface area contributed by atoms with Gasteiger partial charge in [-0.1, -0.05) is 5.16 Å². The molecule has 1 aromatic rings. The fraction of sp³-hybridized carbons (Fsp3) is 0.625. The number of aromatic nitrogens is 1. The van der Waals surface area contributed by atoms with Crippen molar-refractivity contribution in [3.8, 4) is 0 Å². The number of hydrogen-bond donors (Lipinski definition) is 3. The Labute approximate surface area is 243 Å². The van der Waals surface area contributed by atoms with Crippen LogP contribution in [0.4, 0.5) is 9.93 Å². The Kier molecular flexibility index (Phi) is 8.96. The summed E-state index contributed by atoms with van der Waals surface area (Å²) in [6.07, 6.45) is 1.14. The molecule has 0 aliphatic carbocycles. The van der Waals surface area contributed by atoms with Crippen molar-refractivity contribution in [3.05, 3.63) is 11.1 Å². The number of β-lactam (4-membered cyclic amide) rings is 1. The van der Waals surface area contributed by atoms with E-state index in [4.69, 9.17) is 19.9 Å². The first kappa shape index (κ1) is 30.4.